The van der Waals surface area contributed by atoms with Crippen LogP contribution in [-0.2, 0) is 28.1 Å². The SMILES string of the molecule is COc1ccc(-c2ccc(C(=O)O)cc2C)cc1-c1ccc(C(F)(F)F)cc1[C@@H](OC)C1=NOCC1.FC(F)(F)c1cccc(C(F)(F)F)c1. The minimum absolute atomic E-state index is 0.0833. The summed E-state index contributed by atoms with van der Waals surface area (Å²) in [4.78, 5) is 16.4. The molecule has 0 saturated carbocycles. The maximum atomic E-state index is 13.6. The number of halogens is 9. The molecular weight excluding hydrogens is 685 g/mol. The Kier molecular flexibility index (Phi) is 11.2. The number of carboxylic acids is 1. The van der Waals surface area contributed by atoms with Crippen LogP contribution >= 0.6 is 0 Å². The van der Waals surface area contributed by atoms with E-state index in [9.17, 15) is 49.4 Å². The van der Waals surface area contributed by atoms with Crippen molar-refractivity contribution in [3.8, 4) is 28.0 Å². The molecule has 0 bridgehead atoms. The molecule has 0 aliphatic carbocycles. The predicted molar refractivity (Wildman–Crippen MR) is 165 cm³/mol. The number of alkyl halides is 9. The van der Waals surface area contributed by atoms with E-state index in [1.165, 1.54) is 26.4 Å². The van der Waals surface area contributed by atoms with Crippen LogP contribution in [-0.4, -0.2) is 37.6 Å². The van der Waals surface area contributed by atoms with E-state index in [0.717, 1.165) is 34.9 Å². The zero-order chi connectivity index (χ0) is 37.0. The summed E-state index contributed by atoms with van der Waals surface area (Å²) in [7, 11) is 2.90. The van der Waals surface area contributed by atoms with Crippen molar-refractivity contribution in [2.45, 2.75) is 38.0 Å². The molecular formula is C35H28F9NO5. The summed E-state index contributed by atoms with van der Waals surface area (Å²) >= 11 is 0. The molecule has 0 saturated heterocycles. The minimum atomic E-state index is -4.75. The van der Waals surface area contributed by atoms with Gasteiger partial charge in [-0.05, 0) is 89.3 Å². The predicted octanol–water partition coefficient (Wildman–Crippen LogP) is 10.2. The summed E-state index contributed by atoms with van der Waals surface area (Å²) in [5.74, 6) is -0.571. The van der Waals surface area contributed by atoms with Gasteiger partial charge in [0.25, 0.3) is 0 Å². The van der Waals surface area contributed by atoms with E-state index in [0.29, 0.717) is 47.7 Å². The molecule has 0 aromatic heterocycles. The number of nitrogens with zero attached hydrogens (tertiary/aromatic N) is 1. The Morgan fingerprint density at radius 1 is 0.760 bits per heavy atom. The number of carbonyl (C=O) groups is 1. The average molecular weight is 714 g/mol. The zero-order valence-corrected chi connectivity index (χ0v) is 26.4. The highest BCUT2D eigenvalue weighted by Crippen LogP contribution is 2.42. The van der Waals surface area contributed by atoms with Gasteiger partial charge in [-0.2, -0.15) is 39.5 Å². The number of ether oxygens (including phenoxy) is 2. The van der Waals surface area contributed by atoms with Gasteiger partial charge in [0.1, 0.15) is 18.5 Å². The fraction of sp³-hybridized carbons (Fsp3) is 0.257. The molecule has 1 heterocycles. The van der Waals surface area contributed by atoms with Crippen LogP contribution in [0.25, 0.3) is 22.3 Å². The number of aryl methyl sites for hydroxylation is 1. The third kappa shape index (κ3) is 8.75. The number of aromatic carboxylic acids is 1. The highest BCUT2D eigenvalue weighted by Gasteiger charge is 2.36. The van der Waals surface area contributed by atoms with Crippen molar-refractivity contribution in [2.24, 2.45) is 5.16 Å². The molecule has 4 aromatic carbocycles. The fourth-order valence-electron chi connectivity index (χ4n) is 5.23. The number of hydrogen-bond donors (Lipinski definition) is 1. The van der Waals surface area contributed by atoms with Crippen LogP contribution < -0.4 is 4.74 Å². The quantitative estimate of drug-likeness (QED) is 0.193. The summed E-state index contributed by atoms with van der Waals surface area (Å²) in [6.45, 7) is 2.13. The van der Waals surface area contributed by atoms with E-state index in [4.69, 9.17) is 14.3 Å². The fourth-order valence-corrected chi connectivity index (χ4v) is 5.23. The molecule has 5 rings (SSSR count). The second-order valence-corrected chi connectivity index (χ2v) is 10.9. The van der Waals surface area contributed by atoms with E-state index in [2.05, 4.69) is 5.16 Å². The Labute approximate surface area is 279 Å². The summed E-state index contributed by atoms with van der Waals surface area (Å²) < 4.78 is 124. The number of carboxylic acid groups (broad SMARTS) is 1. The average Bonchev–Trinajstić information content (AvgIpc) is 3.59. The molecule has 0 radical (unpaired) electrons. The van der Waals surface area contributed by atoms with Gasteiger partial charge < -0.3 is 19.4 Å². The number of hydrogen-bond acceptors (Lipinski definition) is 5. The van der Waals surface area contributed by atoms with Gasteiger partial charge in [0.05, 0.1) is 35.1 Å². The van der Waals surface area contributed by atoms with Gasteiger partial charge in [-0.1, -0.05) is 29.4 Å². The number of oxime groups is 1. The lowest BCUT2D eigenvalue weighted by Crippen LogP contribution is -2.16. The van der Waals surface area contributed by atoms with E-state index in [-0.39, 0.29) is 17.2 Å². The Morgan fingerprint density at radius 3 is 1.86 bits per heavy atom. The van der Waals surface area contributed by atoms with Crippen molar-refractivity contribution >= 4 is 11.7 Å². The Bertz CT molecular complexity index is 1850. The lowest BCUT2D eigenvalue weighted by Gasteiger charge is -2.22. The van der Waals surface area contributed by atoms with Gasteiger partial charge in [0.15, 0.2) is 0 Å². The molecule has 266 valence electrons. The van der Waals surface area contributed by atoms with Crippen molar-refractivity contribution in [1.29, 1.82) is 0 Å². The smallest absolute Gasteiger partial charge is 0.416 e. The molecule has 0 fully saturated rings. The molecule has 15 heteroatoms. The van der Waals surface area contributed by atoms with Crippen molar-refractivity contribution < 1.29 is 63.7 Å². The zero-order valence-electron chi connectivity index (χ0n) is 26.4. The van der Waals surface area contributed by atoms with E-state index in [1.54, 1.807) is 25.1 Å². The second kappa shape index (κ2) is 14.8. The van der Waals surface area contributed by atoms with Crippen molar-refractivity contribution in [3.63, 3.8) is 0 Å². The molecule has 1 aliphatic rings. The first-order valence-electron chi connectivity index (χ1n) is 14.5. The first-order chi connectivity index (χ1) is 23.3. The topological polar surface area (TPSA) is 77.4 Å². The number of rotatable bonds is 7. The van der Waals surface area contributed by atoms with E-state index < -0.39 is 47.3 Å². The van der Waals surface area contributed by atoms with E-state index in [1.807, 2.05) is 12.1 Å². The lowest BCUT2D eigenvalue weighted by molar-refractivity contribution is -0.143. The van der Waals surface area contributed by atoms with Gasteiger partial charge in [-0.25, -0.2) is 4.79 Å². The molecule has 1 N–H and O–H groups in total. The standard InChI is InChI=1S/C27H24F3NO5.C8H4F6/c1-15-12-17(26(32)33)4-7-19(15)16-5-9-24(34-2)21(13-16)20-8-6-18(27(28,29)30)14-22(20)25(35-3)23-10-11-36-31-23;9-7(10,11)5-2-1-3-6(4-5)8(12,13)14/h4-9,12-14,25H,10-11H2,1-3H3,(H,32,33);1-4H/t25-;/m1./s1. The van der Waals surface area contributed by atoms with Crippen molar-refractivity contribution in [3.05, 3.63) is 112 Å². The Hall–Kier alpha value is -5.05. The van der Waals surface area contributed by atoms with E-state index >= 15 is 0 Å². The van der Waals surface area contributed by atoms with Crippen molar-refractivity contribution in [2.75, 3.05) is 20.8 Å². The second-order valence-electron chi connectivity index (χ2n) is 10.9. The molecule has 1 atom stereocenters. The molecule has 1 aliphatic heterocycles. The summed E-state index contributed by atoms with van der Waals surface area (Å²) in [5.41, 5.74) is 0.861. The van der Waals surface area contributed by atoms with Crippen LogP contribution in [0.15, 0.2) is 84.0 Å². The Morgan fingerprint density at radius 2 is 1.36 bits per heavy atom. The van der Waals surface area contributed by atoms with Crippen LogP contribution in [0.3, 0.4) is 0 Å². The van der Waals surface area contributed by atoms with Crippen LogP contribution in [0, 0.1) is 6.92 Å². The highest BCUT2D eigenvalue weighted by atomic mass is 19.4. The van der Waals surface area contributed by atoms with Crippen molar-refractivity contribution in [1.82, 2.24) is 0 Å². The number of methoxy groups -OCH3 is 2. The molecule has 50 heavy (non-hydrogen) atoms. The highest BCUT2D eigenvalue weighted by molar-refractivity contribution is 5.93. The van der Waals surface area contributed by atoms with Gasteiger partial charge in [-0.15, -0.1) is 0 Å². The van der Waals surface area contributed by atoms with Gasteiger partial charge in [-0.3, -0.25) is 0 Å². The van der Waals surface area contributed by atoms with Crippen LogP contribution in [0.4, 0.5) is 39.5 Å². The van der Waals surface area contributed by atoms with Gasteiger partial charge in [0.2, 0.25) is 0 Å². The first kappa shape index (κ1) is 37.8. The lowest BCUT2D eigenvalue weighted by atomic mass is 9.89. The minimum Gasteiger partial charge on any atom is -0.496 e. The summed E-state index contributed by atoms with van der Waals surface area (Å²) in [6.07, 6.45) is -14.5. The maximum absolute atomic E-state index is 13.6. The van der Waals surface area contributed by atoms with Crippen LogP contribution in [0.2, 0.25) is 0 Å². The Balaban J connectivity index is 0.000000337. The normalized spacial score (nSPS) is 13.9. The third-order valence-electron chi connectivity index (χ3n) is 7.62. The monoisotopic (exact) mass is 713 g/mol. The largest absolute Gasteiger partial charge is 0.496 e. The number of benzene rings is 4. The first-order valence-corrected chi connectivity index (χ1v) is 14.5. The molecule has 4 aromatic rings. The summed E-state index contributed by atoms with van der Waals surface area (Å²) in [6, 6.07) is 15.7. The molecule has 0 amide bonds. The summed E-state index contributed by atoms with van der Waals surface area (Å²) in [5, 5.41) is 13.3. The van der Waals surface area contributed by atoms with Gasteiger partial charge in [0, 0.05) is 19.1 Å². The third-order valence-corrected chi connectivity index (χ3v) is 7.62. The van der Waals surface area contributed by atoms with Crippen LogP contribution in [0.1, 0.15) is 50.7 Å². The van der Waals surface area contributed by atoms with Crippen LogP contribution in [0.5, 0.6) is 5.75 Å². The van der Waals surface area contributed by atoms with Gasteiger partial charge >= 0.3 is 24.5 Å². The molecule has 6 nitrogen and oxygen atoms in total. The molecule has 0 spiro atoms. The maximum Gasteiger partial charge on any atom is 0.416 e. The molecule has 0 unspecified atom stereocenters.